The van der Waals surface area contributed by atoms with Crippen LogP contribution in [-0.4, -0.2) is 36.1 Å². The highest BCUT2D eigenvalue weighted by atomic mass is 32.1. The molecule has 1 N–H and O–H groups in total. The zero-order valence-corrected chi connectivity index (χ0v) is 14.2. The van der Waals surface area contributed by atoms with E-state index in [1.165, 1.54) is 5.56 Å². The van der Waals surface area contributed by atoms with Gasteiger partial charge in [-0.2, -0.15) is 11.3 Å². The molecule has 0 spiro atoms. The normalized spacial score (nSPS) is 24.0. The molecule has 1 aromatic heterocycles. The molecule has 2 rings (SSSR count). The quantitative estimate of drug-likeness (QED) is 0.842. The predicted molar refractivity (Wildman–Crippen MR) is 86.2 cm³/mol. The Morgan fingerprint density at radius 1 is 1.43 bits per heavy atom. The van der Waals surface area contributed by atoms with Crippen molar-refractivity contribution >= 4 is 17.2 Å². The van der Waals surface area contributed by atoms with E-state index in [2.05, 4.69) is 36.0 Å². The summed E-state index contributed by atoms with van der Waals surface area (Å²) in [6.07, 6.45) is 0.911. The first-order valence-corrected chi connectivity index (χ1v) is 8.67. The van der Waals surface area contributed by atoms with Crippen LogP contribution in [0, 0.1) is 5.92 Å². The van der Waals surface area contributed by atoms with Crippen LogP contribution in [0.2, 0.25) is 0 Å². The number of nitrogens with one attached hydrogen (secondary N) is 1. The molecule has 1 saturated heterocycles. The van der Waals surface area contributed by atoms with E-state index in [1.807, 2.05) is 18.7 Å². The van der Waals surface area contributed by atoms with Crippen molar-refractivity contribution in [3.63, 3.8) is 0 Å². The van der Waals surface area contributed by atoms with Crippen molar-refractivity contribution in [2.75, 3.05) is 13.2 Å². The SMILES string of the molecule is CCOC(C)CN1C(=O)C(CC(C)C)NC1c1ccsc1. The van der Waals surface area contributed by atoms with Gasteiger partial charge in [-0.1, -0.05) is 13.8 Å². The first-order valence-electron chi connectivity index (χ1n) is 7.73. The summed E-state index contributed by atoms with van der Waals surface area (Å²) in [5, 5.41) is 7.67. The lowest BCUT2D eigenvalue weighted by Crippen LogP contribution is -2.37. The summed E-state index contributed by atoms with van der Waals surface area (Å²) in [4.78, 5) is 14.6. The number of carbonyl (C=O) groups is 1. The summed E-state index contributed by atoms with van der Waals surface area (Å²) >= 11 is 1.66. The van der Waals surface area contributed by atoms with Crippen molar-refractivity contribution in [3.05, 3.63) is 22.4 Å². The van der Waals surface area contributed by atoms with Gasteiger partial charge in [-0.05, 0) is 48.6 Å². The van der Waals surface area contributed by atoms with Gasteiger partial charge in [0.05, 0.1) is 12.1 Å². The fourth-order valence-electron chi connectivity index (χ4n) is 2.84. The number of hydrogen-bond donors (Lipinski definition) is 1. The fraction of sp³-hybridized carbons (Fsp3) is 0.688. The van der Waals surface area contributed by atoms with Crippen molar-refractivity contribution in [1.29, 1.82) is 0 Å². The third-order valence-electron chi connectivity index (χ3n) is 3.72. The highest BCUT2D eigenvalue weighted by Gasteiger charge is 2.40. The predicted octanol–water partition coefficient (Wildman–Crippen LogP) is 3.02. The molecular formula is C16H26N2O2S. The number of carbonyl (C=O) groups excluding carboxylic acids is 1. The Labute approximate surface area is 131 Å². The van der Waals surface area contributed by atoms with Crippen LogP contribution in [0.4, 0.5) is 0 Å². The van der Waals surface area contributed by atoms with Gasteiger partial charge < -0.3 is 9.64 Å². The van der Waals surface area contributed by atoms with E-state index in [0.29, 0.717) is 19.1 Å². The Morgan fingerprint density at radius 2 is 2.19 bits per heavy atom. The number of nitrogens with zero attached hydrogens (tertiary/aromatic N) is 1. The van der Waals surface area contributed by atoms with E-state index in [4.69, 9.17) is 4.74 Å². The summed E-state index contributed by atoms with van der Waals surface area (Å²) in [5.41, 5.74) is 1.17. The van der Waals surface area contributed by atoms with Gasteiger partial charge in [-0.3, -0.25) is 10.1 Å². The Hall–Kier alpha value is -0.910. The second-order valence-corrected chi connectivity index (χ2v) is 6.84. The lowest BCUT2D eigenvalue weighted by molar-refractivity contribution is -0.132. The molecule has 1 aromatic rings. The smallest absolute Gasteiger partial charge is 0.241 e. The van der Waals surface area contributed by atoms with E-state index >= 15 is 0 Å². The Morgan fingerprint density at radius 3 is 2.76 bits per heavy atom. The van der Waals surface area contributed by atoms with Gasteiger partial charge in [0.15, 0.2) is 0 Å². The van der Waals surface area contributed by atoms with Crippen molar-refractivity contribution in [3.8, 4) is 0 Å². The number of thiophene rings is 1. The van der Waals surface area contributed by atoms with Crippen LogP contribution in [0.25, 0.3) is 0 Å². The van der Waals surface area contributed by atoms with Crippen LogP contribution in [0.5, 0.6) is 0 Å². The van der Waals surface area contributed by atoms with Gasteiger partial charge in [-0.25, -0.2) is 0 Å². The minimum absolute atomic E-state index is 0.0181. The van der Waals surface area contributed by atoms with Crippen LogP contribution in [-0.2, 0) is 9.53 Å². The highest BCUT2D eigenvalue weighted by molar-refractivity contribution is 7.07. The first-order chi connectivity index (χ1) is 10.0. The van der Waals surface area contributed by atoms with Crippen molar-refractivity contribution in [1.82, 2.24) is 10.2 Å². The summed E-state index contributed by atoms with van der Waals surface area (Å²) < 4.78 is 5.62. The van der Waals surface area contributed by atoms with Crippen LogP contribution in [0.3, 0.4) is 0 Å². The maximum atomic E-state index is 12.7. The van der Waals surface area contributed by atoms with Gasteiger partial charge in [0.1, 0.15) is 6.17 Å². The van der Waals surface area contributed by atoms with Crippen molar-refractivity contribution in [2.24, 2.45) is 5.92 Å². The molecule has 1 aliphatic heterocycles. The molecule has 0 aliphatic carbocycles. The van der Waals surface area contributed by atoms with Gasteiger partial charge in [0.25, 0.3) is 0 Å². The molecule has 0 aromatic carbocycles. The zero-order valence-electron chi connectivity index (χ0n) is 13.3. The molecule has 5 heteroatoms. The van der Waals surface area contributed by atoms with Gasteiger partial charge in [0, 0.05) is 13.2 Å². The summed E-state index contributed by atoms with van der Waals surface area (Å²) in [6, 6.07) is 2.01. The summed E-state index contributed by atoms with van der Waals surface area (Å²) in [7, 11) is 0. The molecule has 0 radical (unpaired) electrons. The fourth-order valence-corrected chi connectivity index (χ4v) is 3.51. The van der Waals surface area contributed by atoms with Crippen molar-refractivity contribution in [2.45, 2.75) is 52.4 Å². The largest absolute Gasteiger partial charge is 0.377 e. The Balaban J connectivity index is 2.13. The molecule has 2 heterocycles. The Bertz CT molecular complexity index is 447. The monoisotopic (exact) mass is 310 g/mol. The van der Waals surface area contributed by atoms with E-state index in [9.17, 15) is 4.79 Å². The summed E-state index contributed by atoms with van der Waals surface area (Å²) in [6.45, 7) is 9.62. The summed E-state index contributed by atoms with van der Waals surface area (Å²) in [5.74, 6) is 0.699. The third kappa shape index (κ3) is 4.05. The molecule has 1 amide bonds. The number of hydrogen-bond acceptors (Lipinski definition) is 4. The van der Waals surface area contributed by atoms with Gasteiger partial charge in [-0.15, -0.1) is 0 Å². The standard InChI is InChI=1S/C16H26N2O2S/c1-5-20-12(4)9-18-15(13-6-7-21-10-13)17-14(16(18)19)8-11(2)3/h6-7,10-12,14-15,17H,5,8-9H2,1-4H3. The maximum absolute atomic E-state index is 12.7. The minimum Gasteiger partial charge on any atom is -0.377 e. The molecule has 118 valence electrons. The molecule has 4 nitrogen and oxygen atoms in total. The second kappa shape index (κ2) is 7.38. The molecule has 3 atom stereocenters. The van der Waals surface area contributed by atoms with Crippen LogP contribution >= 0.6 is 11.3 Å². The molecule has 3 unspecified atom stereocenters. The average molecular weight is 310 g/mol. The maximum Gasteiger partial charge on any atom is 0.241 e. The van der Waals surface area contributed by atoms with Crippen LogP contribution in [0.15, 0.2) is 16.8 Å². The molecular weight excluding hydrogens is 284 g/mol. The van der Waals surface area contributed by atoms with E-state index in [0.717, 1.165) is 6.42 Å². The van der Waals surface area contributed by atoms with Gasteiger partial charge in [0.2, 0.25) is 5.91 Å². The molecule has 21 heavy (non-hydrogen) atoms. The van der Waals surface area contributed by atoms with E-state index in [-0.39, 0.29) is 24.2 Å². The molecule has 0 bridgehead atoms. The third-order valence-corrected chi connectivity index (χ3v) is 4.42. The average Bonchev–Trinajstić information content (AvgIpc) is 3.02. The molecule has 1 aliphatic rings. The van der Waals surface area contributed by atoms with E-state index in [1.54, 1.807) is 11.3 Å². The number of amides is 1. The van der Waals surface area contributed by atoms with Crippen LogP contribution in [0.1, 0.15) is 45.8 Å². The van der Waals surface area contributed by atoms with E-state index < -0.39 is 0 Å². The topological polar surface area (TPSA) is 41.6 Å². The van der Waals surface area contributed by atoms with Crippen molar-refractivity contribution < 1.29 is 9.53 Å². The highest BCUT2D eigenvalue weighted by Crippen LogP contribution is 2.29. The molecule has 1 fully saturated rings. The second-order valence-electron chi connectivity index (χ2n) is 6.06. The van der Waals surface area contributed by atoms with Gasteiger partial charge >= 0.3 is 0 Å². The number of rotatable bonds is 7. The lowest BCUT2D eigenvalue weighted by Gasteiger charge is -2.26. The Kier molecular flexibility index (Phi) is 5.79. The molecule has 0 saturated carbocycles. The zero-order chi connectivity index (χ0) is 15.4. The lowest BCUT2D eigenvalue weighted by atomic mass is 10.0. The first kappa shape index (κ1) is 16.5. The van der Waals surface area contributed by atoms with Crippen LogP contribution < -0.4 is 5.32 Å². The minimum atomic E-state index is -0.0799. The number of ether oxygens (including phenoxy) is 1.